The predicted molar refractivity (Wildman–Crippen MR) is 83.2 cm³/mol. The molecule has 3 heterocycles. The summed E-state index contributed by atoms with van der Waals surface area (Å²) in [6.45, 7) is 2.95. The normalized spacial score (nSPS) is 33.3. The Balaban J connectivity index is 1.50. The minimum Gasteiger partial charge on any atom is -0.376 e. The molecular formula is C16H22N4O3. The molecule has 0 spiro atoms. The van der Waals surface area contributed by atoms with Gasteiger partial charge in [0, 0.05) is 25.6 Å². The number of amides is 1. The lowest BCUT2D eigenvalue weighted by molar-refractivity contribution is -0.0748. The Kier molecular flexibility index (Phi) is 3.69. The Morgan fingerprint density at radius 3 is 2.87 bits per heavy atom. The van der Waals surface area contributed by atoms with E-state index in [0.717, 1.165) is 26.1 Å². The van der Waals surface area contributed by atoms with Gasteiger partial charge in [-0.05, 0) is 38.4 Å². The van der Waals surface area contributed by atoms with E-state index in [-0.39, 0.29) is 35.3 Å². The first-order valence-electron chi connectivity index (χ1n) is 8.36. The lowest BCUT2D eigenvalue weighted by atomic mass is 9.70. The topological polar surface area (TPSA) is 76.5 Å². The van der Waals surface area contributed by atoms with Crippen LogP contribution in [0.25, 0.3) is 0 Å². The minimum atomic E-state index is -0.218. The number of likely N-dealkylation sites (tertiary alicyclic amines) is 1. The van der Waals surface area contributed by atoms with Gasteiger partial charge >= 0.3 is 0 Å². The second-order valence-electron chi connectivity index (χ2n) is 6.70. The smallest absolute Gasteiger partial charge is 0.272 e. The van der Waals surface area contributed by atoms with Gasteiger partial charge in [0.25, 0.3) is 11.5 Å². The molecular weight excluding hydrogens is 296 g/mol. The lowest BCUT2D eigenvalue weighted by Crippen LogP contribution is -2.70. The van der Waals surface area contributed by atoms with Crippen LogP contribution >= 0.6 is 0 Å². The van der Waals surface area contributed by atoms with E-state index in [1.807, 2.05) is 0 Å². The molecule has 1 aromatic rings. The number of aromatic nitrogens is 2. The Morgan fingerprint density at radius 1 is 1.35 bits per heavy atom. The van der Waals surface area contributed by atoms with E-state index < -0.39 is 0 Å². The highest BCUT2D eigenvalue weighted by Crippen LogP contribution is 2.42. The van der Waals surface area contributed by atoms with Gasteiger partial charge in [0.15, 0.2) is 0 Å². The highest BCUT2D eigenvalue weighted by Gasteiger charge is 2.56. The number of ether oxygens (including phenoxy) is 1. The second-order valence-corrected chi connectivity index (χ2v) is 6.70. The van der Waals surface area contributed by atoms with Crippen molar-refractivity contribution in [1.82, 2.24) is 20.0 Å². The average molecular weight is 318 g/mol. The van der Waals surface area contributed by atoms with Crippen molar-refractivity contribution >= 4 is 5.91 Å². The van der Waals surface area contributed by atoms with Crippen LogP contribution in [0.5, 0.6) is 0 Å². The standard InChI is InChI=1S/C16H22N4O3/c1-19-12(21)5-4-11(18-19)16(22)17-13-10-6-9-23-15(10)14(13)20-7-2-3-8-20/h4-5,10,13-15H,2-3,6-9H2,1H3,(H,17,22)/t10-,13+,14-,15-/m1/s1. The number of hydrogen-bond acceptors (Lipinski definition) is 5. The summed E-state index contributed by atoms with van der Waals surface area (Å²) in [5.74, 6) is 0.192. The van der Waals surface area contributed by atoms with E-state index in [2.05, 4.69) is 15.3 Å². The molecule has 1 aromatic heterocycles. The summed E-state index contributed by atoms with van der Waals surface area (Å²) in [5, 5.41) is 7.18. The maximum atomic E-state index is 12.5. The first-order chi connectivity index (χ1) is 11.1. The number of carbonyl (C=O) groups excluding carboxylic acids is 1. The summed E-state index contributed by atoms with van der Waals surface area (Å²) in [6, 6.07) is 3.26. The van der Waals surface area contributed by atoms with Crippen molar-refractivity contribution in [2.75, 3.05) is 19.7 Å². The summed E-state index contributed by atoms with van der Waals surface area (Å²) in [4.78, 5) is 26.4. The molecule has 23 heavy (non-hydrogen) atoms. The van der Waals surface area contributed by atoms with Crippen molar-refractivity contribution in [3.63, 3.8) is 0 Å². The lowest BCUT2D eigenvalue weighted by Gasteiger charge is -2.51. The van der Waals surface area contributed by atoms with Gasteiger partial charge < -0.3 is 10.1 Å². The highest BCUT2D eigenvalue weighted by molar-refractivity contribution is 5.92. The molecule has 7 heteroatoms. The summed E-state index contributed by atoms with van der Waals surface area (Å²) in [5.41, 5.74) is 0.0685. The van der Waals surface area contributed by atoms with Crippen LogP contribution in [0.1, 0.15) is 29.8 Å². The van der Waals surface area contributed by atoms with Crippen LogP contribution < -0.4 is 10.9 Å². The van der Waals surface area contributed by atoms with Crippen molar-refractivity contribution in [2.45, 2.75) is 37.5 Å². The molecule has 1 amide bonds. The molecule has 0 unspecified atom stereocenters. The third kappa shape index (κ3) is 2.48. The third-order valence-corrected chi connectivity index (χ3v) is 5.40. The molecule has 7 nitrogen and oxygen atoms in total. The van der Waals surface area contributed by atoms with Crippen LogP contribution in [-0.2, 0) is 11.8 Å². The summed E-state index contributed by atoms with van der Waals surface area (Å²) in [7, 11) is 1.55. The zero-order chi connectivity index (χ0) is 16.0. The molecule has 124 valence electrons. The molecule has 1 saturated carbocycles. The number of rotatable bonds is 3. The maximum absolute atomic E-state index is 12.5. The minimum absolute atomic E-state index is 0.118. The molecule has 2 saturated heterocycles. The molecule has 1 aliphatic carbocycles. The Morgan fingerprint density at radius 2 is 2.13 bits per heavy atom. The Hall–Kier alpha value is -1.73. The van der Waals surface area contributed by atoms with E-state index in [0.29, 0.717) is 5.92 Å². The highest BCUT2D eigenvalue weighted by atomic mass is 16.5. The van der Waals surface area contributed by atoms with Gasteiger partial charge in [-0.3, -0.25) is 14.5 Å². The van der Waals surface area contributed by atoms with Crippen LogP contribution in [0.4, 0.5) is 0 Å². The van der Waals surface area contributed by atoms with Gasteiger partial charge in [0.1, 0.15) is 5.69 Å². The van der Waals surface area contributed by atoms with Crippen LogP contribution in [0.15, 0.2) is 16.9 Å². The first kappa shape index (κ1) is 14.8. The average Bonchev–Trinajstić information content (AvgIpc) is 3.18. The fourth-order valence-electron chi connectivity index (χ4n) is 4.19. The molecule has 1 N–H and O–H groups in total. The van der Waals surface area contributed by atoms with Crippen molar-refractivity contribution in [3.05, 3.63) is 28.2 Å². The number of aryl methyl sites for hydroxylation is 1. The number of nitrogens with zero attached hydrogens (tertiary/aromatic N) is 3. The zero-order valence-corrected chi connectivity index (χ0v) is 13.3. The van der Waals surface area contributed by atoms with Crippen molar-refractivity contribution < 1.29 is 9.53 Å². The number of fused-ring (bicyclic) bond motifs is 1. The van der Waals surface area contributed by atoms with Crippen LogP contribution in [0.3, 0.4) is 0 Å². The zero-order valence-electron chi connectivity index (χ0n) is 13.3. The number of nitrogens with one attached hydrogen (secondary N) is 1. The van der Waals surface area contributed by atoms with Gasteiger partial charge in [-0.1, -0.05) is 0 Å². The maximum Gasteiger partial charge on any atom is 0.272 e. The summed E-state index contributed by atoms with van der Waals surface area (Å²) in [6.07, 6.45) is 3.69. The molecule has 0 aromatic carbocycles. The third-order valence-electron chi connectivity index (χ3n) is 5.40. The quantitative estimate of drug-likeness (QED) is 0.832. The number of hydrogen-bond donors (Lipinski definition) is 1. The Bertz CT molecular complexity index is 663. The van der Waals surface area contributed by atoms with E-state index >= 15 is 0 Å². The summed E-state index contributed by atoms with van der Waals surface area (Å²) >= 11 is 0. The van der Waals surface area contributed by atoms with E-state index in [4.69, 9.17) is 4.74 Å². The monoisotopic (exact) mass is 318 g/mol. The van der Waals surface area contributed by atoms with Crippen LogP contribution in [0, 0.1) is 5.92 Å². The molecule has 3 aliphatic rings. The van der Waals surface area contributed by atoms with Gasteiger partial charge in [0.05, 0.1) is 18.2 Å². The van der Waals surface area contributed by atoms with E-state index in [9.17, 15) is 9.59 Å². The van der Waals surface area contributed by atoms with Crippen molar-refractivity contribution in [2.24, 2.45) is 13.0 Å². The van der Waals surface area contributed by atoms with Crippen molar-refractivity contribution in [3.8, 4) is 0 Å². The molecule has 3 fully saturated rings. The first-order valence-corrected chi connectivity index (χ1v) is 8.36. The molecule has 2 aliphatic heterocycles. The Labute approximate surface area is 134 Å². The van der Waals surface area contributed by atoms with Gasteiger partial charge in [-0.25, -0.2) is 4.68 Å². The van der Waals surface area contributed by atoms with Crippen LogP contribution in [-0.4, -0.2) is 58.5 Å². The van der Waals surface area contributed by atoms with Gasteiger partial charge in [0.2, 0.25) is 0 Å². The fraction of sp³-hybridized carbons (Fsp3) is 0.688. The molecule has 4 atom stereocenters. The van der Waals surface area contributed by atoms with Crippen molar-refractivity contribution in [1.29, 1.82) is 0 Å². The molecule has 0 radical (unpaired) electrons. The molecule has 0 bridgehead atoms. The predicted octanol–water partition coefficient (Wildman–Crippen LogP) is -0.238. The van der Waals surface area contributed by atoms with E-state index in [1.54, 1.807) is 7.05 Å². The SMILES string of the molecule is Cn1nc(C(=O)N[C@H]2[C@H]3CCO[C@H]3[C@@H]2N2CCCC2)ccc1=O. The van der Waals surface area contributed by atoms with Gasteiger partial charge in [-0.2, -0.15) is 5.10 Å². The largest absolute Gasteiger partial charge is 0.376 e. The summed E-state index contributed by atoms with van der Waals surface area (Å²) < 4.78 is 7.06. The second kappa shape index (κ2) is 5.72. The van der Waals surface area contributed by atoms with E-state index in [1.165, 1.54) is 29.7 Å². The number of carbonyl (C=O) groups is 1. The fourth-order valence-corrected chi connectivity index (χ4v) is 4.19. The van der Waals surface area contributed by atoms with Gasteiger partial charge in [-0.15, -0.1) is 0 Å². The molecule has 4 rings (SSSR count). The van der Waals surface area contributed by atoms with Crippen LogP contribution in [0.2, 0.25) is 0 Å².